The molecule has 0 aliphatic carbocycles. The number of primary amides is 1. The van der Waals surface area contributed by atoms with Crippen LogP contribution in [0.5, 0.6) is 5.75 Å². The number of aliphatic hydroxyl groups is 1. The average Bonchev–Trinajstić information content (AvgIpc) is 3.29. The minimum atomic E-state index is -1.78. The molecule has 0 spiro atoms. The summed E-state index contributed by atoms with van der Waals surface area (Å²) < 4.78 is 5.82. The number of carbonyl (C=O) groups is 9. The van der Waals surface area contributed by atoms with Crippen molar-refractivity contribution in [3.05, 3.63) is 77.5 Å². The third-order valence-electron chi connectivity index (χ3n) is 12.0. The Kier molecular flexibility index (Phi) is 20.0. The van der Waals surface area contributed by atoms with Gasteiger partial charge in [-0.1, -0.05) is 82.2 Å². The number of phenolic OH excluding ortho intramolecular Hbond substituents is 1. The second-order valence-corrected chi connectivity index (χ2v) is 17.5. The van der Waals surface area contributed by atoms with Crippen LogP contribution in [0.3, 0.4) is 0 Å². The fourth-order valence-corrected chi connectivity index (χ4v) is 7.98. The molecule has 2 fully saturated rings. The molecule has 2 bridgehead atoms. The maximum Gasteiger partial charge on any atom is 0.329 e. The molecule has 2 aliphatic heterocycles. The van der Waals surface area contributed by atoms with Gasteiger partial charge in [0.15, 0.2) is 0 Å². The molecule has 2 aromatic carbocycles. The van der Waals surface area contributed by atoms with Crippen molar-refractivity contribution in [1.29, 1.82) is 0 Å². The number of phenols is 1. The summed E-state index contributed by atoms with van der Waals surface area (Å²) in [5, 5.41) is 34.3. The van der Waals surface area contributed by atoms with Crippen LogP contribution in [0.4, 0.5) is 0 Å². The molecule has 8 unspecified atom stereocenters. The van der Waals surface area contributed by atoms with Crippen LogP contribution in [0.25, 0.3) is 0 Å². The van der Waals surface area contributed by atoms with Gasteiger partial charge in [-0.15, -0.1) is 0 Å². The number of ether oxygens (including phenoxy) is 1. The Bertz CT molecular complexity index is 2170. The summed E-state index contributed by atoms with van der Waals surface area (Å²) in [4.78, 5) is 127. The van der Waals surface area contributed by atoms with Crippen LogP contribution in [-0.2, 0) is 60.7 Å². The summed E-state index contributed by atoms with van der Waals surface area (Å²) in [5.41, 5.74) is 6.11. The third-order valence-corrected chi connectivity index (χ3v) is 12.0. The number of nitrogens with one attached hydrogen (secondary N) is 5. The first-order valence-corrected chi connectivity index (χ1v) is 23.0. The molecule has 20 heteroatoms. The van der Waals surface area contributed by atoms with Gasteiger partial charge in [0.25, 0.3) is 11.8 Å². The molecular formula is C48H66N8O12. The molecule has 68 heavy (non-hydrogen) atoms. The Morgan fingerprint density at radius 3 is 2.15 bits per heavy atom. The highest BCUT2D eigenvalue weighted by Crippen LogP contribution is 2.25. The van der Waals surface area contributed by atoms with Crippen LogP contribution in [0.1, 0.15) is 97.1 Å². The number of hydrogen-bond donors (Lipinski definition) is 8. The lowest BCUT2D eigenvalue weighted by atomic mass is 9.95. The zero-order valence-electron chi connectivity index (χ0n) is 39.5. The van der Waals surface area contributed by atoms with Crippen molar-refractivity contribution < 1.29 is 58.1 Å². The summed E-state index contributed by atoms with van der Waals surface area (Å²) in [6.45, 7) is 7.88. The molecule has 370 valence electrons. The number of hydrogen-bond acceptors (Lipinski definition) is 12. The summed E-state index contributed by atoms with van der Waals surface area (Å²) in [6.07, 6.45) is -0.620. The fourth-order valence-electron chi connectivity index (χ4n) is 7.98. The van der Waals surface area contributed by atoms with Crippen molar-refractivity contribution in [2.45, 2.75) is 147 Å². The van der Waals surface area contributed by atoms with Gasteiger partial charge in [0.1, 0.15) is 60.0 Å². The molecule has 8 atom stereocenters. The molecule has 0 aromatic heterocycles. The van der Waals surface area contributed by atoms with Crippen molar-refractivity contribution in [2.75, 3.05) is 7.05 Å². The van der Waals surface area contributed by atoms with E-state index in [1.54, 1.807) is 56.3 Å². The van der Waals surface area contributed by atoms with Gasteiger partial charge >= 0.3 is 5.97 Å². The van der Waals surface area contributed by atoms with Gasteiger partial charge < -0.3 is 57.1 Å². The smallest absolute Gasteiger partial charge is 0.329 e. The number of unbranched alkanes of at least 4 members (excludes halogenated alkanes) is 2. The molecule has 9 N–H and O–H groups in total. The van der Waals surface area contributed by atoms with Gasteiger partial charge in [-0.25, -0.2) is 4.79 Å². The minimum absolute atomic E-state index is 0.0555. The van der Waals surface area contributed by atoms with Gasteiger partial charge in [0, 0.05) is 32.7 Å². The Hall–Kier alpha value is -6.83. The number of benzene rings is 2. The van der Waals surface area contributed by atoms with E-state index in [2.05, 4.69) is 26.6 Å². The summed E-state index contributed by atoms with van der Waals surface area (Å²) in [5.74, 6) is -8.40. The number of piperidine rings is 1. The van der Waals surface area contributed by atoms with Crippen LogP contribution in [0.2, 0.25) is 0 Å². The molecule has 0 saturated carbocycles. The number of carbonyl (C=O) groups excluding carboxylic acids is 9. The number of fused-ring (bicyclic) bond motifs is 2. The first kappa shape index (κ1) is 53.8. The normalized spacial score (nSPS) is 24.4. The van der Waals surface area contributed by atoms with Crippen LogP contribution in [-0.4, -0.2) is 129 Å². The maximum atomic E-state index is 15.0. The molecule has 0 radical (unpaired) electrons. The molecule has 2 saturated heterocycles. The second-order valence-electron chi connectivity index (χ2n) is 17.5. The van der Waals surface area contributed by atoms with E-state index in [-0.39, 0.29) is 56.4 Å². The van der Waals surface area contributed by atoms with Crippen molar-refractivity contribution >= 4 is 53.2 Å². The zero-order chi connectivity index (χ0) is 50.2. The highest BCUT2D eigenvalue weighted by molar-refractivity contribution is 6.02. The van der Waals surface area contributed by atoms with Gasteiger partial charge in [0.2, 0.25) is 35.4 Å². The first-order chi connectivity index (χ1) is 32.2. The molecular weight excluding hydrogens is 881 g/mol. The molecule has 2 heterocycles. The van der Waals surface area contributed by atoms with E-state index in [0.29, 0.717) is 17.5 Å². The van der Waals surface area contributed by atoms with Crippen LogP contribution >= 0.6 is 0 Å². The number of likely N-dealkylation sites (N-methyl/N-ethyl adjacent to an activating group) is 1. The second kappa shape index (κ2) is 25.3. The quantitative estimate of drug-likeness (QED) is 0.0697. The number of esters is 1. The van der Waals surface area contributed by atoms with Crippen molar-refractivity contribution in [3.8, 4) is 5.75 Å². The van der Waals surface area contributed by atoms with Gasteiger partial charge in [-0.2, -0.15) is 0 Å². The van der Waals surface area contributed by atoms with Crippen molar-refractivity contribution in [1.82, 2.24) is 36.4 Å². The van der Waals surface area contributed by atoms with Gasteiger partial charge in [-0.3, -0.25) is 38.4 Å². The SMILES string of the molecule is C/C=C1\NC(=O)C(NC(=O)C(CCC(N)=O)NC(=O)CCCCC)C(C)OC(=O)C(C(C)C)NC(=O)C(Cc2ccc(O)cc2)N(C)C(=O)C(Cc2ccccc2)N2C(=O)C(CCC2O)NC1=O. The number of aliphatic hydroxyl groups excluding tert-OH is 1. The van der Waals surface area contributed by atoms with Crippen LogP contribution in [0, 0.1) is 5.92 Å². The lowest BCUT2D eigenvalue weighted by Gasteiger charge is -2.43. The summed E-state index contributed by atoms with van der Waals surface area (Å²) >= 11 is 0. The number of nitrogens with two attached hydrogens (primary N) is 1. The topological polar surface area (TPSA) is 296 Å². The van der Waals surface area contributed by atoms with E-state index in [9.17, 15) is 53.4 Å². The molecule has 8 amide bonds. The number of allylic oxidation sites excluding steroid dienone is 1. The average molecular weight is 947 g/mol. The zero-order valence-corrected chi connectivity index (χ0v) is 39.5. The number of amides is 8. The highest BCUT2D eigenvalue weighted by Gasteiger charge is 2.45. The fraction of sp³-hybridized carbons (Fsp3) is 0.521. The van der Waals surface area contributed by atoms with E-state index in [1.807, 2.05) is 6.92 Å². The van der Waals surface area contributed by atoms with E-state index in [4.69, 9.17) is 10.5 Å². The maximum absolute atomic E-state index is 15.0. The first-order valence-electron chi connectivity index (χ1n) is 23.0. The predicted molar refractivity (Wildman–Crippen MR) is 247 cm³/mol. The summed E-state index contributed by atoms with van der Waals surface area (Å²) in [6, 6.07) is 5.88. The number of cyclic esters (lactones) is 1. The molecule has 4 rings (SSSR count). The van der Waals surface area contributed by atoms with Gasteiger partial charge in [-0.05, 0) is 68.7 Å². The van der Waals surface area contributed by atoms with Crippen LogP contribution < -0.4 is 32.3 Å². The standard InChI is InChI=1S/C48H66N8O12/c1-7-9-11-16-38(59)50-33(21-23-37(49)58)43(62)54-41-28(5)68-48(67)40(27(3)4)53-44(63)35(25-30-17-19-31(57)20-18-30)55(6)47(66)36(26-29-14-12-10-13-15-29)56-39(60)24-22-34(46(56)65)52-42(61)32(8-2)51-45(41)64/h8,10,12-15,17-20,27-28,33-36,39-41,57,60H,7,9,11,16,21-26H2,1-6H3,(H2,49,58)(H,50,59)(H,51,64)(H,52,61)(H,53,63)(H,54,62)/b32-8-. The Labute approximate surface area is 396 Å². The number of rotatable bonds is 15. The van der Waals surface area contributed by atoms with E-state index in [0.717, 1.165) is 22.6 Å². The summed E-state index contributed by atoms with van der Waals surface area (Å²) in [7, 11) is 1.35. The Balaban J connectivity index is 1.83. The van der Waals surface area contributed by atoms with E-state index < -0.39 is 108 Å². The van der Waals surface area contributed by atoms with E-state index in [1.165, 1.54) is 39.1 Å². The lowest BCUT2D eigenvalue weighted by Crippen LogP contribution is -2.64. The number of nitrogens with zero attached hydrogens (tertiary/aromatic N) is 2. The largest absolute Gasteiger partial charge is 0.508 e. The molecule has 2 aliphatic rings. The minimum Gasteiger partial charge on any atom is -0.508 e. The predicted octanol–water partition coefficient (Wildman–Crippen LogP) is 0.720. The van der Waals surface area contributed by atoms with Crippen LogP contribution in [0.15, 0.2) is 66.4 Å². The van der Waals surface area contributed by atoms with Crippen molar-refractivity contribution in [3.63, 3.8) is 0 Å². The van der Waals surface area contributed by atoms with Gasteiger partial charge in [0.05, 0.1) is 0 Å². The monoisotopic (exact) mass is 946 g/mol. The Morgan fingerprint density at radius 1 is 0.882 bits per heavy atom. The van der Waals surface area contributed by atoms with E-state index >= 15 is 0 Å². The highest BCUT2D eigenvalue weighted by atomic mass is 16.5. The Morgan fingerprint density at radius 2 is 1.53 bits per heavy atom. The molecule has 20 nitrogen and oxygen atoms in total. The third kappa shape index (κ3) is 14.8. The number of aromatic hydroxyl groups is 1. The lowest BCUT2D eigenvalue weighted by molar-refractivity contribution is -0.165. The van der Waals surface area contributed by atoms with Crippen molar-refractivity contribution in [2.24, 2.45) is 11.7 Å². The molecule has 2 aromatic rings.